The summed E-state index contributed by atoms with van der Waals surface area (Å²) in [4.78, 5) is 30.1. The van der Waals surface area contributed by atoms with Crippen molar-refractivity contribution in [3.05, 3.63) is 23.5 Å². The van der Waals surface area contributed by atoms with Gasteiger partial charge in [0.15, 0.2) is 5.65 Å². The van der Waals surface area contributed by atoms with Gasteiger partial charge in [-0.15, -0.1) is 0 Å². The second-order valence-corrected chi connectivity index (χ2v) is 6.62. The van der Waals surface area contributed by atoms with Crippen molar-refractivity contribution in [3.63, 3.8) is 0 Å². The zero-order valence-corrected chi connectivity index (χ0v) is 14.2. The van der Waals surface area contributed by atoms with Crippen molar-refractivity contribution in [1.82, 2.24) is 19.7 Å². The summed E-state index contributed by atoms with van der Waals surface area (Å²) in [6.45, 7) is 6.84. The van der Waals surface area contributed by atoms with E-state index < -0.39 is 5.97 Å². The third-order valence-electron chi connectivity index (χ3n) is 4.61. The average Bonchev–Trinajstić information content (AvgIpc) is 2.96. The van der Waals surface area contributed by atoms with E-state index in [1.165, 1.54) is 0 Å². The van der Waals surface area contributed by atoms with Gasteiger partial charge in [-0.2, -0.15) is 5.10 Å². The molecule has 3 rings (SSSR count). The van der Waals surface area contributed by atoms with Crippen molar-refractivity contribution in [3.8, 4) is 0 Å². The topological polar surface area (TPSA) is 88.3 Å². The van der Waals surface area contributed by atoms with Gasteiger partial charge in [0.1, 0.15) is 0 Å². The van der Waals surface area contributed by atoms with Gasteiger partial charge in [0.2, 0.25) is 0 Å². The van der Waals surface area contributed by atoms with Crippen molar-refractivity contribution >= 4 is 22.9 Å². The van der Waals surface area contributed by atoms with E-state index in [4.69, 9.17) is 5.11 Å². The Labute approximate surface area is 140 Å². The van der Waals surface area contributed by atoms with Crippen LogP contribution in [0.15, 0.2) is 12.3 Å². The van der Waals surface area contributed by atoms with Crippen molar-refractivity contribution in [2.24, 2.45) is 5.92 Å². The van der Waals surface area contributed by atoms with Gasteiger partial charge in [-0.3, -0.25) is 9.59 Å². The second-order valence-electron chi connectivity index (χ2n) is 6.62. The number of amides is 1. The van der Waals surface area contributed by atoms with E-state index >= 15 is 0 Å². The van der Waals surface area contributed by atoms with E-state index in [1.54, 1.807) is 11.1 Å². The number of fused-ring (bicyclic) bond motifs is 1. The van der Waals surface area contributed by atoms with Gasteiger partial charge in [-0.25, -0.2) is 9.67 Å². The van der Waals surface area contributed by atoms with E-state index in [0.717, 1.165) is 11.0 Å². The number of aliphatic carboxylic acids is 1. The van der Waals surface area contributed by atoms with Crippen LogP contribution in [0.1, 0.15) is 48.8 Å². The molecule has 128 valence electrons. The number of pyridine rings is 1. The number of nitrogens with zero attached hydrogens (tertiary/aromatic N) is 4. The zero-order valence-electron chi connectivity index (χ0n) is 14.2. The molecule has 0 radical (unpaired) electrons. The molecule has 0 unspecified atom stereocenters. The van der Waals surface area contributed by atoms with E-state index in [2.05, 4.69) is 10.1 Å². The Balaban J connectivity index is 1.85. The number of rotatable bonds is 3. The van der Waals surface area contributed by atoms with Crippen molar-refractivity contribution in [2.75, 3.05) is 13.1 Å². The predicted octanol–water partition coefficient (Wildman–Crippen LogP) is 2.26. The van der Waals surface area contributed by atoms with Crippen LogP contribution < -0.4 is 0 Å². The van der Waals surface area contributed by atoms with Crippen LogP contribution in [-0.2, 0) is 4.79 Å². The highest BCUT2D eigenvalue weighted by Gasteiger charge is 2.28. The summed E-state index contributed by atoms with van der Waals surface area (Å²) < 4.78 is 1.84. The molecule has 1 aliphatic heterocycles. The van der Waals surface area contributed by atoms with Crippen LogP contribution in [0.25, 0.3) is 11.0 Å². The monoisotopic (exact) mass is 330 g/mol. The molecular formula is C17H22N4O3. The van der Waals surface area contributed by atoms with Crippen LogP contribution >= 0.6 is 0 Å². The normalized spacial score (nSPS) is 16.1. The lowest BCUT2D eigenvalue weighted by Gasteiger charge is -2.30. The minimum absolute atomic E-state index is 0.0805. The van der Waals surface area contributed by atoms with Crippen molar-refractivity contribution in [1.29, 1.82) is 0 Å². The maximum atomic E-state index is 12.8. The third kappa shape index (κ3) is 2.86. The van der Waals surface area contributed by atoms with Gasteiger partial charge < -0.3 is 10.0 Å². The fraction of sp³-hybridized carbons (Fsp3) is 0.529. The summed E-state index contributed by atoms with van der Waals surface area (Å²) in [6.07, 6.45) is 2.73. The largest absolute Gasteiger partial charge is 0.481 e. The molecule has 7 heteroatoms. The van der Waals surface area contributed by atoms with Gasteiger partial charge in [-0.1, -0.05) is 0 Å². The molecule has 0 atom stereocenters. The van der Waals surface area contributed by atoms with Crippen LogP contribution in [0.5, 0.6) is 0 Å². The Hall–Kier alpha value is -2.44. The fourth-order valence-corrected chi connectivity index (χ4v) is 3.16. The van der Waals surface area contributed by atoms with Crippen LogP contribution in [0.4, 0.5) is 0 Å². The molecule has 1 aliphatic rings. The van der Waals surface area contributed by atoms with Gasteiger partial charge in [0.05, 0.1) is 23.4 Å². The Morgan fingerprint density at radius 2 is 1.96 bits per heavy atom. The molecule has 1 fully saturated rings. The Kier molecular flexibility index (Phi) is 4.26. The Morgan fingerprint density at radius 1 is 1.29 bits per heavy atom. The molecule has 7 nitrogen and oxygen atoms in total. The smallest absolute Gasteiger partial charge is 0.306 e. The lowest BCUT2D eigenvalue weighted by molar-refractivity contribution is -0.143. The van der Waals surface area contributed by atoms with E-state index in [9.17, 15) is 9.59 Å². The van der Waals surface area contributed by atoms with E-state index in [-0.39, 0.29) is 17.9 Å². The van der Waals surface area contributed by atoms with Crippen LogP contribution in [0, 0.1) is 12.8 Å². The lowest BCUT2D eigenvalue weighted by Crippen LogP contribution is -2.40. The van der Waals surface area contributed by atoms with Gasteiger partial charge in [-0.05, 0) is 39.7 Å². The Morgan fingerprint density at radius 3 is 2.54 bits per heavy atom. The molecule has 0 saturated carbocycles. The fourth-order valence-electron chi connectivity index (χ4n) is 3.16. The first-order chi connectivity index (χ1) is 11.4. The number of carboxylic acid groups (broad SMARTS) is 1. The number of aromatic nitrogens is 3. The number of carbonyl (C=O) groups is 2. The van der Waals surface area contributed by atoms with Gasteiger partial charge in [0, 0.05) is 24.5 Å². The molecule has 1 N–H and O–H groups in total. The molecule has 0 spiro atoms. The highest BCUT2D eigenvalue weighted by atomic mass is 16.4. The minimum Gasteiger partial charge on any atom is -0.481 e. The maximum Gasteiger partial charge on any atom is 0.306 e. The molecule has 3 heterocycles. The first-order valence-electron chi connectivity index (χ1n) is 8.25. The molecule has 24 heavy (non-hydrogen) atoms. The molecule has 2 aromatic heterocycles. The quantitative estimate of drug-likeness (QED) is 0.932. The van der Waals surface area contributed by atoms with Crippen LogP contribution in [0.3, 0.4) is 0 Å². The number of likely N-dealkylation sites (tertiary alicyclic amines) is 1. The molecule has 0 aliphatic carbocycles. The number of carbonyl (C=O) groups excluding carboxylic acids is 1. The summed E-state index contributed by atoms with van der Waals surface area (Å²) in [5.41, 5.74) is 2.03. The number of hydrogen-bond acceptors (Lipinski definition) is 4. The standard InChI is InChI=1S/C17H22N4O3/c1-10(2)21-15-13(9-18-21)8-14(11(3)19-15)16(22)20-6-4-12(5-7-20)17(23)24/h8-10,12H,4-7H2,1-3H3,(H,23,24). The summed E-state index contributed by atoms with van der Waals surface area (Å²) >= 11 is 0. The number of piperidine rings is 1. The average molecular weight is 330 g/mol. The van der Waals surface area contributed by atoms with Crippen LogP contribution in [0.2, 0.25) is 0 Å². The summed E-state index contributed by atoms with van der Waals surface area (Å²) in [6, 6.07) is 2.04. The highest BCUT2D eigenvalue weighted by molar-refractivity contribution is 5.98. The molecular weight excluding hydrogens is 308 g/mol. The third-order valence-corrected chi connectivity index (χ3v) is 4.61. The number of carboxylic acids is 1. The number of hydrogen-bond donors (Lipinski definition) is 1. The van der Waals surface area contributed by atoms with E-state index in [0.29, 0.717) is 37.2 Å². The summed E-state index contributed by atoms with van der Waals surface area (Å²) in [5.74, 6) is -1.20. The molecule has 1 amide bonds. The summed E-state index contributed by atoms with van der Waals surface area (Å²) in [5, 5.41) is 14.3. The second kappa shape index (κ2) is 6.22. The van der Waals surface area contributed by atoms with Gasteiger partial charge in [0.25, 0.3) is 5.91 Å². The first kappa shape index (κ1) is 16.4. The lowest BCUT2D eigenvalue weighted by atomic mass is 9.96. The van der Waals surface area contributed by atoms with Crippen LogP contribution in [-0.4, -0.2) is 49.7 Å². The molecule has 0 aromatic carbocycles. The van der Waals surface area contributed by atoms with E-state index in [1.807, 2.05) is 31.5 Å². The molecule has 1 saturated heterocycles. The van der Waals surface area contributed by atoms with Crippen molar-refractivity contribution < 1.29 is 14.7 Å². The molecule has 0 bridgehead atoms. The summed E-state index contributed by atoms with van der Waals surface area (Å²) in [7, 11) is 0. The first-order valence-corrected chi connectivity index (χ1v) is 8.25. The zero-order chi connectivity index (χ0) is 17.4. The molecule has 2 aromatic rings. The van der Waals surface area contributed by atoms with Crippen molar-refractivity contribution in [2.45, 2.75) is 39.7 Å². The highest BCUT2D eigenvalue weighted by Crippen LogP contribution is 2.23. The maximum absolute atomic E-state index is 12.8. The van der Waals surface area contributed by atoms with Gasteiger partial charge >= 0.3 is 5.97 Å². The minimum atomic E-state index is -0.775. The predicted molar refractivity (Wildman–Crippen MR) is 88.9 cm³/mol. The SMILES string of the molecule is Cc1nc2c(cnn2C(C)C)cc1C(=O)N1CCC(C(=O)O)CC1. The number of aryl methyl sites for hydroxylation is 1. The Bertz CT molecular complexity index is 788.